The molecule has 7 nitrogen and oxygen atoms in total. The zero-order valence-corrected chi connectivity index (χ0v) is 14.4. The van der Waals surface area contributed by atoms with E-state index in [1.165, 1.54) is 11.9 Å². The Bertz CT molecular complexity index is 645. The van der Waals surface area contributed by atoms with Gasteiger partial charge >= 0.3 is 0 Å². The molecule has 0 saturated carbocycles. The van der Waals surface area contributed by atoms with Gasteiger partial charge in [-0.1, -0.05) is 30.3 Å². The summed E-state index contributed by atoms with van der Waals surface area (Å²) >= 11 is 0. The number of hydrogen-bond acceptors (Lipinski definition) is 7. The lowest BCUT2D eigenvalue weighted by molar-refractivity contribution is 0.0378. The van der Waals surface area contributed by atoms with Gasteiger partial charge < -0.3 is 21.1 Å². The minimum absolute atomic E-state index is 0.560. The molecule has 0 spiro atoms. The molecule has 1 aromatic heterocycles. The third-order valence-electron chi connectivity index (χ3n) is 4.23. The molecule has 0 radical (unpaired) electrons. The smallest absolute Gasteiger partial charge is 0.155 e. The van der Waals surface area contributed by atoms with E-state index < -0.39 is 0 Å². The van der Waals surface area contributed by atoms with Gasteiger partial charge in [-0.05, 0) is 18.5 Å². The van der Waals surface area contributed by atoms with Crippen LogP contribution in [0.2, 0.25) is 0 Å². The van der Waals surface area contributed by atoms with Crippen LogP contribution in [0.3, 0.4) is 0 Å². The van der Waals surface area contributed by atoms with Crippen LogP contribution in [-0.2, 0) is 11.3 Å². The summed E-state index contributed by atoms with van der Waals surface area (Å²) in [5, 5.41) is 6.59. The second-order valence-electron chi connectivity index (χ2n) is 6.06. The Kier molecular flexibility index (Phi) is 6.42. The number of ether oxygens (including phenoxy) is 1. The lowest BCUT2D eigenvalue weighted by Crippen LogP contribution is -2.37. The van der Waals surface area contributed by atoms with Gasteiger partial charge in [0.05, 0.1) is 13.2 Å². The van der Waals surface area contributed by atoms with Crippen molar-refractivity contribution in [2.45, 2.75) is 13.0 Å². The van der Waals surface area contributed by atoms with Crippen LogP contribution < -0.4 is 16.4 Å². The van der Waals surface area contributed by atoms with Crippen LogP contribution in [0.4, 0.5) is 17.3 Å². The van der Waals surface area contributed by atoms with Crippen molar-refractivity contribution in [2.75, 3.05) is 55.8 Å². The minimum Gasteiger partial charge on any atom is -0.393 e. The van der Waals surface area contributed by atoms with Crippen molar-refractivity contribution >= 4 is 17.3 Å². The molecule has 0 bridgehead atoms. The molecule has 0 unspecified atom stereocenters. The molecule has 2 aromatic rings. The molecule has 1 fully saturated rings. The van der Waals surface area contributed by atoms with Gasteiger partial charge in [0, 0.05) is 26.2 Å². The van der Waals surface area contributed by atoms with Crippen molar-refractivity contribution in [3.63, 3.8) is 0 Å². The number of morpholine rings is 1. The van der Waals surface area contributed by atoms with E-state index >= 15 is 0 Å². The third-order valence-corrected chi connectivity index (χ3v) is 4.23. The number of rotatable bonds is 8. The number of hydrogen-bond donors (Lipinski definition) is 3. The maximum Gasteiger partial charge on any atom is 0.155 e. The highest BCUT2D eigenvalue weighted by Crippen LogP contribution is 2.22. The number of nitrogens with two attached hydrogens (primary N) is 1. The van der Waals surface area contributed by atoms with E-state index in [-0.39, 0.29) is 0 Å². The Balaban J connectivity index is 1.46. The van der Waals surface area contributed by atoms with Crippen LogP contribution in [0.15, 0.2) is 36.7 Å². The summed E-state index contributed by atoms with van der Waals surface area (Å²) < 4.78 is 5.36. The second kappa shape index (κ2) is 9.19. The largest absolute Gasteiger partial charge is 0.393 e. The van der Waals surface area contributed by atoms with Crippen molar-refractivity contribution < 1.29 is 4.74 Å². The van der Waals surface area contributed by atoms with Gasteiger partial charge in [-0.25, -0.2) is 9.97 Å². The van der Waals surface area contributed by atoms with Crippen molar-refractivity contribution in [2.24, 2.45) is 0 Å². The summed E-state index contributed by atoms with van der Waals surface area (Å²) in [4.78, 5) is 10.9. The lowest BCUT2D eigenvalue weighted by Gasteiger charge is -2.26. The molecular formula is C18H26N6O. The summed E-state index contributed by atoms with van der Waals surface area (Å²) in [6.07, 6.45) is 2.57. The number of anilines is 3. The number of aromatic nitrogens is 2. The molecule has 1 aromatic carbocycles. The van der Waals surface area contributed by atoms with Gasteiger partial charge in [-0.15, -0.1) is 0 Å². The Morgan fingerprint density at radius 1 is 1.04 bits per heavy atom. The first-order valence-corrected chi connectivity index (χ1v) is 8.75. The fraction of sp³-hybridized carbons (Fsp3) is 0.444. The summed E-state index contributed by atoms with van der Waals surface area (Å²) in [7, 11) is 0. The molecule has 1 saturated heterocycles. The van der Waals surface area contributed by atoms with E-state index in [4.69, 9.17) is 10.5 Å². The van der Waals surface area contributed by atoms with Gasteiger partial charge in [-0.3, -0.25) is 4.90 Å². The SMILES string of the molecule is Nc1c(NCCCN2CCOCC2)ncnc1NCc1ccccc1. The van der Waals surface area contributed by atoms with Crippen molar-refractivity contribution in [3.8, 4) is 0 Å². The van der Waals surface area contributed by atoms with E-state index in [2.05, 4.69) is 37.6 Å². The normalized spacial score (nSPS) is 15.0. The third kappa shape index (κ3) is 5.30. The quantitative estimate of drug-likeness (QED) is 0.631. The van der Waals surface area contributed by atoms with Crippen LogP contribution in [0.5, 0.6) is 0 Å². The van der Waals surface area contributed by atoms with E-state index in [0.29, 0.717) is 23.9 Å². The van der Waals surface area contributed by atoms with Crippen molar-refractivity contribution in [1.82, 2.24) is 14.9 Å². The highest BCUT2D eigenvalue weighted by molar-refractivity contribution is 5.73. The van der Waals surface area contributed by atoms with E-state index in [1.54, 1.807) is 0 Å². The lowest BCUT2D eigenvalue weighted by atomic mass is 10.2. The van der Waals surface area contributed by atoms with Gasteiger partial charge in [0.25, 0.3) is 0 Å². The Morgan fingerprint density at radius 3 is 2.52 bits per heavy atom. The van der Waals surface area contributed by atoms with Gasteiger partial charge in [0.2, 0.25) is 0 Å². The minimum atomic E-state index is 0.560. The number of nitrogen functional groups attached to an aromatic ring is 1. The predicted octanol–water partition coefficient (Wildman–Crippen LogP) is 1.81. The molecule has 25 heavy (non-hydrogen) atoms. The van der Waals surface area contributed by atoms with E-state index in [1.807, 2.05) is 18.2 Å². The zero-order chi connectivity index (χ0) is 17.3. The Morgan fingerprint density at radius 2 is 1.76 bits per heavy atom. The standard InChI is InChI=1S/C18H26N6O/c19-16-17(20-7-4-8-24-9-11-25-12-10-24)22-14-23-18(16)21-13-15-5-2-1-3-6-15/h1-3,5-6,14H,4,7-13,19H2,(H2,20,21,22,23). The average molecular weight is 342 g/mol. The Labute approximate surface area is 148 Å². The summed E-state index contributed by atoms with van der Waals surface area (Å²) in [5.41, 5.74) is 7.94. The van der Waals surface area contributed by atoms with Crippen LogP contribution >= 0.6 is 0 Å². The molecular weight excluding hydrogens is 316 g/mol. The summed E-state index contributed by atoms with van der Waals surface area (Å²) in [6.45, 7) is 6.27. The fourth-order valence-corrected chi connectivity index (χ4v) is 2.79. The number of nitrogens with one attached hydrogen (secondary N) is 2. The Hall–Kier alpha value is -2.38. The monoisotopic (exact) mass is 342 g/mol. The first kappa shape index (κ1) is 17.4. The topological polar surface area (TPSA) is 88.3 Å². The van der Waals surface area contributed by atoms with E-state index in [0.717, 1.165) is 45.8 Å². The van der Waals surface area contributed by atoms with Crippen LogP contribution in [-0.4, -0.2) is 54.3 Å². The number of benzene rings is 1. The fourth-order valence-electron chi connectivity index (χ4n) is 2.79. The van der Waals surface area contributed by atoms with Crippen LogP contribution in [0, 0.1) is 0 Å². The zero-order valence-electron chi connectivity index (χ0n) is 14.4. The van der Waals surface area contributed by atoms with E-state index in [9.17, 15) is 0 Å². The summed E-state index contributed by atoms with van der Waals surface area (Å²) in [6, 6.07) is 10.2. The average Bonchev–Trinajstić information content (AvgIpc) is 2.67. The van der Waals surface area contributed by atoms with Crippen molar-refractivity contribution in [3.05, 3.63) is 42.2 Å². The molecule has 0 aliphatic carbocycles. The molecule has 2 heterocycles. The molecule has 1 aliphatic rings. The molecule has 0 atom stereocenters. The molecule has 1 aliphatic heterocycles. The van der Waals surface area contributed by atoms with Crippen molar-refractivity contribution in [1.29, 1.82) is 0 Å². The van der Waals surface area contributed by atoms with Crippen LogP contribution in [0.1, 0.15) is 12.0 Å². The van der Waals surface area contributed by atoms with Gasteiger partial charge in [0.15, 0.2) is 11.6 Å². The maximum absolute atomic E-state index is 6.20. The highest BCUT2D eigenvalue weighted by Gasteiger charge is 2.10. The second-order valence-corrected chi connectivity index (χ2v) is 6.06. The van der Waals surface area contributed by atoms with Gasteiger partial charge in [-0.2, -0.15) is 0 Å². The molecule has 7 heteroatoms. The highest BCUT2D eigenvalue weighted by atomic mass is 16.5. The molecule has 0 amide bonds. The maximum atomic E-state index is 6.20. The predicted molar refractivity (Wildman–Crippen MR) is 101 cm³/mol. The first-order valence-electron chi connectivity index (χ1n) is 8.75. The summed E-state index contributed by atoms with van der Waals surface area (Å²) in [5.74, 6) is 1.35. The number of nitrogens with zero attached hydrogens (tertiary/aromatic N) is 3. The first-order chi connectivity index (χ1) is 12.3. The van der Waals surface area contributed by atoms with Gasteiger partial charge in [0.1, 0.15) is 12.0 Å². The molecule has 134 valence electrons. The molecule has 4 N–H and O–H groups in total. The molecule has 3 rings (SSSR count). The van der Waals surface area contributed by atoms with Crippen LogP contribution in [0.25, 0.3) is 0 Å².